The fraction of sp³-hybridized carbons (Fsp3) is 0.857. The second-order valence-corrected chi connectivity index (χ2v) is 26.0. The van der Waals surface area contributed by atoms with Gasteiger partial charge in [0, 0.05) is 12.8 Å². The molecule has 470 valence electrons. The molecule has 0 rings (SSSR count). The first-order valence-corrected chi connectivity index (χ1v) is 35.9. The van der Waals surface area contributed by atoms with Crippen LogP contribution in [0.3, 0.4) is 0 Å². The van der Waals surface area contributed by atoms with Gasteiger partial charge in [-0.25, -0.2) is 4.57 Å². The smallest absolute Gasteiger partial charge is 0.462 e. The number of phosphoric acid groups is 1. The van der Waals surface area contributed by atoms with Crippen molar-refractivity contribution >= 4 is 19.8 Å². The molecule has 0 amide bonds. The van der Waals surface area contributed by atoms with Gasteiger partial charge in [0.25, 0.3) is 0 Å². The van der Waals surface area contributed by atoms with E-state index < -0.39 is 26.5 Å². The molecule has 0 radical (unpaired) electrons. The zero-order valence-electron chi connectivity index (χ0n) is 53.6. The Morgan fingerprint density at radius 3 is 0.988 bits per heavy atom. The molecule has 0 spiro atoms. The van der Waals surface area contributed by atoms with Crippen molar-refractivity contribution in [3.05, 3.63) is 48.6 Å². The average Bonchev–Trinajstić information content (AvgIpc) is 3.42. The van der Waals surface area contributed by atoms with Crippen LogP contribution in [0.15, 0.2) is 48.6 Å². The maximum absolute atomic E-state index is 12.9. The van der Waals surface area contributed by atoms with E-state index in [1.807, 2.05) is 21.1 Å². The van der Waals surface area contributed by atoms with E-state index in [1.54, 1.807) is 0 Å². The highest BCUT2D eigenvalue weighted by Crippen LogP contribution is 2.43. The molecule has 0 fully saturated rings. The van der Waals surface area contributed by atoms with Crippen molar-refractivity contribution in [3.63, 3.8) is 0 Å². The molecular formula is C70H133NO8P+. The van der Waals surface area contributed by atoms with Crippen LogP contribution in [0.25, 0.3) is 0 Å². The fourth-order valence-corrected chi connectivity index (χ4v) is 10.8. The van der Waals surface area contributed by atoms with Crippen LogP contribution in [0, 0.1) is 0 Å². The number of ether oxygens (including phenoxy) is 2. The minimum atomic E-state index is -4.39. The Morgan fingerprint density at radius 2 is 0.675 bits per heavy atom. The van der Waals surface area contributed by atoms with E-state index in [0.29, 0.717) is 23.9 Å². The predicted molar refractivity (Wildman–Crippen MR) is 344 cm³/mol. The summed E-state index contributed by atoms with van der Waals surface area (Å²) in [7, 11) is 1.49. The first-order valence-electron chi connectivity index (χ1n) is 34.4. The maximum Gasteiger partial charge on any atom is 0.472 e. The highest BCUT2D eigenvalue weighted by molar-refractivity contribution is 7.47. The lowest BCUT2D eigenvalue weighted by atomic mass is 10.0. The van der Waals surface area contributed by atoms with Crippen LogP contribution in [-0.2, 0) is 32.7 Å². The van der Waals surface area contributed by atoms with E-state index >= 15 is 0 Å². The molecule has 0 heterocycles. The molecule has 0 saturated heterocycles. The normalized spacial score (nSPS) is 13.4. The number of allylic oxidation sites excluding steroid dienone is 8. The summed E-state index contributed by atoms with van der Waals surface area (Å²) >= 11 is 0. The van der Waals surface area contributed by atoms with Gasteiger partial charge in [-0.05, 0) is 77.0 Å². The number of phosphoric ester groups is 1. The molecule has 0 aliphatic carbocycles. The van der Waals surface area contributed by atoms with E-state index in [0.717, 1.165) is 44.9 Å². The van der Waals surface area contributed by atoms with Gasteiger partial charge in [0.05, 0.1) is 27.7 Å². The number of carbonyl (C=O) groups is 2. The summed E-state index contributed by atoms with van der Waals surface area (Å²) in [5.41, 5.74) is 0. The summed E-state index contributed by atoms with van der Waals surface area (Å²) in [6, 6.07) is 0. The quantitative estimate of drug-likeness (QED) is 0.0211. The minimum Gasteiger partial charge on any atom is -0.462 e. The molecule has 0 aliphatic rings. The monoisotopic (exact) mass is 1150 g/mol. The van der Waals surface area contributed by atoms with Crippen molar-refractivity contribution in [2.75, 3.05) is 47.5 Å². The Bertz CT molecular complexity index is 1490. The number of hydrogen-bond donors (Lipinski definition) is 1. The van der Waals surface area contributed by atoms with Crippen LogP contribution >= 0.6 is 7.82 Å². The van der Waals surface area contributed by atoms with Gasteiger partial charge in [0.1, 0.15) is 19.8 Å². The van der Waals surface area contributed by atoms with Gasteiger partial charge in [-0.15, -0.1) is 0 Å². The van der Waals surface area contributed by atoms with Crippen LogP contribution in [0.2, 0.25) is 0 Å². The fourth-order valence-electron chi connectivity index (χ4n) is 10.0. The third kappa shape index (κ3) is 65.1. The van der Waals surface area contributed by atoms with E-state index in [-0.39, 0.29) is 25.6 Å². The lowest BCUT2D eigenvalue weighted by Gasteiger charge is -2.24. The number of rotatable bonds is 64. The summed E-state index contributed by atoms with van der Waals surface area (Å²) in [6.07, 6.45) is 79.2. The zero-order valence-corrected chi connectivity index (χ0v) is 54.5. The maximum atomic E-state index is 12.9. The molecule has 1 N–H and O–H groups in total. The standard InChI is InChI=1S/C70H132NO8P/c1-6-8-10-12-14-16-18-20-22-24-26-28-30-32-34-35-37-39-41-43-45-47-49-51-53-55-57-59-61-63-70(73)79-68(67-78-80(74,75)77-65-64-71(3,4)5)66-76-69(72)62-60-58-56-54-52-50-48-46-44-42-40-38-36-33-31-29-27-25-23-21-19-17-15-13-11-9-7-2/h18-21,24-27,68H,6-17,22-23,28-67H2,1-5H3/p+1/b20-18-,21-19-,26-24-,27-25-. The summed E-state index contributed by atoms with van der Waals surface area (Å²) in [5.74, 6) is -0.781. The summed E-state index contributed by atoms with van der Waals surface area (Å²) < 4.78 is 34.7. The van der Waals surface area contributed by atoms with Crippen LogP contribution < -0.4 is 0 Å². The molecular weight excluding hydrogens is 1010 g/mol. The largest absolute Gasteiger partial charge is 0.472 e. The molecule has 0 bridgehead atoms. The van der Waals surface area contributed by atoms with Crippen LogP contribution in [-0.4, -0.2) is 74.9 Å². The van der Waals surface area contributed by atoms with Crippen molar-refractivity contribution in [1.29, 1.82) is 0 Å². The highest BCUT2D eigenvalue weighted by atomic mass is 31.2. The molecule has 2 atom stereocenters. The first-order chi connectivity index (χ1) is 39.0. The van der Waals surface area contributed by atoms with E-state index in [4.69, 9.17) is 18.5 Å². The Labute approximate surface area is 496 Å². The average molecular weight is 1150 g/mol. The van der Waals surface area contributed by atoms with Gasteiger partial charge in [-0.3, -0.25) is 18.6 Å². The Hall–Kier alpha value is -2.03. The second-order valence-electron chi connectivity index (χ2n) is 24.6. The lowest BCUT2D eigenvalue weighted by molar-refractivity contribution is -0.870. The Morgan fingerprint density at radius 1 is 0.388 bits per heavy atom. The third-order valence-corrected chi connectivity index (χ3v) is 16.3. The number of hydrogen-bond acceptors (Lipinski definition) is 7. The van der Waals surface area contributed by atoms with Gasteiger partial charge >= 0.3 is 19.8 Å². The topological polar surface area (TPSA) is 108 Å². The molecule has 10 heteroatoms. The number of quaternary nitrogens is 1. The molecule has 0 aromatic rings. The van der Waals surface area contributed by atoms with Crippen LogP contribution in [0.1, 0.15) is 335 Å². The molecule has 0 aliphatic heterocycles. The van der Waals surface area contributed by atoms with Crippen molar-refractivity contribution in [3.8, 4) is 0 Å². The Kier molecular flexibility index (Phi) is 60.0. The summed E-state index contributed by atoms with van der Waals surface area (Å²) in [5, 5.41) is 0. The first kappa shape index (κ1) is 78.0. The SMILES string of the molecule is CCCCCCC/C=C\C/C=C\CCCCCCCCCCCCCCCCCCCC(=O)OC(COC(=O)CCCCCCCCCCCCCCCCC/C=C\C/C=C\CCCCCCC)COP(=O)(O)OCC[N+](C)(C)C. The van der Waals surface area contributed by atoms with E-state index in [1.165, 1.54) is 257 Å². The van der Waals surface area contributed by atoms with Gasteiger partial charge < -0.3 is 18.9 Å². The second kappa shape index (κ2) is 61.5. The van der Waals surface area contributed by atoms with Crippen molar-refractivity contribution in [2.45, 2.75) is 341 Å². The number of esters is 2. The van der Waals surface area contributed by atoms with Gasteiger partial charge in [-0.2, -0.15) is 0 Å². The molecule has 0 aromatic heterocycles. The van der Waals surface area contributed by atoms with Crippen LogP contribution in [0.5, 0.6) is 0 Å². The lowest BCUT2D eigenvalue weighted by Crippen LogP contribution is -2.37. The predicted octanol–water partition coefficient (Wildman–Crippen LogP) is 22.1. The van der Waals surface area contributed by atoms with Crippen molar-refractivity contribution in [2.24, 2.45) is 0 Å². The summed E-state index contributed by atoms with van der Waals surface area (Å²) in [4.78, 5) is 35.9. The Balaban J connectivity index is 4.03. The molecule has 0 aromatic carbocycles. The highest BCUT2D eigenvalue weighted by Gasteiger charge is 2.27. The number of likely N-dealkylation sites (N-methyl/N-ethyl adjacent to an activating group) is 1. The minimum absolute atomic E-state index is 0.0331. The number of carbonyl (C=O) groups excluding carboxylic acids is 2. The van der Waals surface area contributed by atoms with Gasteiger partial charge in [0.15, 0.2) is 6.10 Å². The van der Waals surface area contributed by atoms with Gasteiger partial charge in [0.2, 0.25) is 0 Å². The molecule has 2 unspecified atom stereocenters. The zero-order chi connectivity index (χ0) is 58.4. The van der Waals surface area contributed by atoms with Crippen LogP contribution in [0.4, 0.5) is 0 Å². The summed E-state index contributed by atoms with van der Waals surface area (Å²) in [6.45, 7) is 4.47. The molecule has 80 heavy (non-hydrogen) atoms. The molecule has 9 nitrogen and oxygen atoms in total. The van der Waals surface area contributed by atoms with E-state index in [9.17, 15) is 19.0 Å². The van der Waals surface area contributed by atoms with Crippen molar-refractivity contribution in [1.82, 2.24) is 0 Å². The number of nitrogens with zero attached hydrogens (tertiary/aromatic N) is 1. The number of unbranched alkanes of at least 4 members (excludes halogenated alkanes) is 42. The third-order valence-electron chi connectivity index (χ3n) is 15.3. The van der Waals surface area contributed by atoms with Crippen molar-refractivity contribution < 1.29 is 42.1 Å². The van der Waals surface area contributed by atoms with Gasteiger partial charge in [-0.1, -0.05) is 294 Å². The van der Waals surface area contributed by atoms with E-state index in [2.05, 4.69) is 62.5 Å². The molecule has 0 saturated carbocycles.